The van der Waals surface area contributed by atoms with Crippen molar-refractivity contribution in [2.24, 2.45) is 4.99 Å². The number of nitrogens with zero attached hydrogens (tertiary/aromatic N) is 1. The molecule has 0 amide bonds. The van der Waals surface area contributed by atoms with Gasteiger partial charge in [0.05, 0.1) is 3.57 Å². The Morgan fingerprint density at radius 3 is 2.65 bits per heavy atom. The fourth-order valence-corrected chi connectivity index (χ4v) is 2.50. The average Bonchev–Trinajstić information content (AvgIpc) is 2.30. The summed E-state index contributed by atoms with van der Waals surface area (Å²) in [5, 5.41) is 10.1. The van der Waals surface area contributed by atoms with Gasteiger partial charge in [-0.15, -0.1) is 0 Å². The topological polar surface area (TPSA) is 32.6 Å². The van der Waals surface area contributed by atoms with Gasteiger partial charge in [-0.1, -0.05) is 20.3 Å². The third kappa shape index (κ3) is 3.98. The zero-order chi connectivity index (χ0) is 12.8. The monoisotopic (exact) mass is 345 g/mol. The Balaban J connectivity index is 3.07. The van der Waals surface area contributed by atoms with E-state index in [0.29, 0.717) is 5.75 Å². The van der Waals surface area contributed by atoms with Crippen LogP contribution in [0.5, 0.6) is 5.75 Å². The van der Waals surface area contributed by atoms with Gasteiger partial charge in [0.15, 0.2) is 0 Å². The SMILES string of the molecule is CCCCN=C(CC)c1cc(C)cc(I)c1O. The maximum absolute atomic E-state index is 10.1. The van der Waals surface area contributed by atoms with Gasteiger partial charge < -0.3 is 5.11 Å². The molecule has 17 heavy (non-hydrogen) atoms. The number of unbranched alkanes of at least 4 members (excludes halogenated alkanes) is 1. The fourth-order valence-electron chi connectivity index (χ4n) is 1.71. The molecule has 0 aliphatic rings. The lowest BCUT2D eigenvalue weighted by Crippen LogP contribution is -2.03. The molecule has 1 aromatic carbocycles. The molecule has 1 aromatic rings. The van der Waals surface area contributed by atoms with Crippen LogP contribution in [-0.2, 0) is 0 Å². The molecule has 0 saturated carbocycles. The molecule has 2 nitrogen and oxygen atoms in total. The number of hydrogen-bond donors (Lipinski definition) is 1. The van der Waals surface area contributed by atoms with Crippen molar-refractivity contribution < 1.29 is 5.11 Å². The molecular formula is C14H20INO. The number of phenolic OH excluding ortho intramolecular Hbond substituents is 1. The lowest BCUT2D eigenvalue weighted by Gasteiger charge is -2.10. The Morgan fingerprint density at radius 2 is 2.06 bits per heavy atom. The molecule has 0 heterocycles. The summed E-state index contributed by atoms with van der Waals surface area (Å²) in [6, 6.07) is 4.00. The van der Waals surface area contributed by atoms with E-state index in [2.05, 4.69) is 41.4 Å². The quantitative estimate of drug-likeness (QED) is 0.482. The van der Waals surface area contributed by atoms with E-state index in [1.165, 1.54) is 5.56 Å². The predicted molar refractivity (Wildman–Crippen MR) is 82.2 cm³/mol. The predicted octanol–water partition coefficient (Wildman–Crippen LogP) is 4.30. The van der Waals surface area contributed by atoms with Crippen LogP contribution in [0, 0.1) is 10.5 Å². The van der Waals surface area contributed by atoms with E-state index >= 15 is 0 Å². The maximum Gasteiger partial charge on any atom is 0.137 e. The van der Waals surface area contributed by atoms with E-state index in [9.17, 15) is 5.11 Å². The summed E-state index contributed by atoms with van der Waals surface area (Å²) in [4.78, 5) is 4.60. The van der Waals surface area contributed by atoms with Gasteiger partial charge in [-0.25, -0.2) is 0 Å². The van der Waals surface area contributed by atoms with Gasteiger partial charge in [-0.05, 0) is 60.1 Å². The minimum Gasteiger partial charge on any atom is -0.506 e. The summed E-state index contributed by atoms with van der Waals surface area (Å²) in [6.45, 7) is 7.14. The first-order valence-electron chi connectivity index (χ1n) is 6.12. The number of aliphatic imine (C=N–C) groups is 1. The first-order chi connectivity index (χ1) is 8.10. The number of aryl methyl sites for hydroxylation is 1. The Bertz CT molecular complexity index is 413. The van der Waals surface area contributed by atoms with Crippen molar-refractivity contribution >= 4 is 28.3 Å². The highest BCUT2D eigenvalue weighted by Gasteiger charge is 2.11. The van der Waals surface area contributed by atoms with Crippen molar-refractivity contribution in [1.82, 2.24) is 0 Å². The van der Waals surface area contributed by atoms with Crippen LogP contribution in [0.1, 0.15) is 44.2 Å². The second-order valence-electron chi connectivity index (χ2n) is 4.18. The summed E-state index contributed by atoms with van der Waals surface area (Å²) >= 11 is 2.17. The molecule has 94 valence electrons. The van der Waals surface area contributed by atoms with Crippen molar-refractivity contribution in [2.75, 3.05) is 6.54 Å². The molecular weight excluding hydrogens is 325 g/mol. The number of halogens is 1. The summed E-state index contributed by atoms with van der Waals surface area (Å²) in [5.41, 5.74) is 3.07. The van der Waals surface area contributed by atoms with Gasteiger partial charge in [0.2, 0.25) is 0 Å². The van der Waals surface area contributed by atoms with E-state index in [0.717, 1.165) is 40.7 Å². The Morgan fingerprint density at radius 1 is 1.35 bits per heavy atom. The molecule has 0 aliphatic carbocycles. The second-order valence-corrected chi connectivity index (χ2v) is 5.34. The fraction of sp³-hybridized carbons (Fsp3) is 0.500. The molecule has 0 bridgehead atoms. The number of hydrogen-bond acceptors (Lipinski definition) is 2. The number of benzene rings is 1. The third-order valence-electron chi connectivity index (χ3n) is 2.67. The van der Waals surface area contributed by atoms with Gasteiger partial charge in [-0.2, -0.15) is 0 Å². The van der Waals surface area contributed by atoms with Crippen LogP contribution >= 0.6 is 22.6 Å². The molecule has 0 radical (unpaired) electrons. The zero-order valence-electron chi connectivity index (χ0n) is 10.8. The summed E-state index contributed by atoms with van der Waals surface area (Å²) in [7, 11) is 0. The van der Waals surface area contributed by atoms with E-state index < -0.39 is 0 Å². The normalized spacial score (nSPS) is 11.9. The third-order valence-corrected chi connectivity index (χ3v) is 3.49. The number of phenols is 1. The van der Waals surface area contributed by atoms with Crippen molar-refractivity contribution in [2.45, 2.75) is 40.0 Å². The van der Waals surface area contributed by atoms with Crippen LogP contribution in [0.25, 0.3) is 0 Å². The summed E-state index contributed by atoms with van der Waals surface area (Å²) in [5.74, 6) is 0.369. The van der Waals surface area contributed by atoms with Gasteiger partial charge in [-0.3, -0.25) is 4.99 Å². The average molecular weight is 345 g/mol. The highest BCUT2D eigenvalue weighted by Crippen LogP contribution is 2.27. The molecule has 0 aliphatic heterocycles. The van der Waals surface area contributed by atoms with Gasteiger partial charge in [0.1, 0.15) is 5.75 Å². The van der Waals surface area contributed by atoms with E-state index in [1.54, 1.807) is 0 Å². The van der Waals surface area contributed by atoms with Gasteiger partial charge in [0.25, 0.3) is 0 Å². The molecule has 1 N–H and O–H groups in total. The Kier molecular flexibility index (Phi) is 5.95. The lowest BCUT2D eigenvalue weighted by molar-refractivity contribution is 0.470. The highest BCUT2D eigenvalue weighted by molar-refractivity contribution is 14.1. The van der Waals surface area contributed by atoms with Gasteiger partial charge >= 0.3 is 0 Å². The Hall–Kier alpha value is -0.580. The molecule has 0 fully saturated rings. The van der Waals surface area contributed by atoms with Crippen molar-refractivity contribution in [1.29, 1.82) is 0 Å². The van der Waals surface area contributed by atoms with Crippen LogP contribution in [0.2, 0.25) is 0 Å². The summed E-state index contributed by atoms with van der Waals surface area (Å²) in [6.07, 6.45) is 3.11. The smallest absolute Gasteiger partial charge is 0.137 e. The molecule has 1 rings (SSSR count). The Labute approximate surface area is 117 Å². The lowest BCUT2D eigenvalue weighted by atomic mass is 10.0. The standard InChI is InChI=1S/C14H20INO/c1-4-6-7-16-13(5-2)11-8-10(3)9-12(15)14(11)17/h8-9,17H,4-7H2,1-3H3. The van der Waals surface area contributed by atoms with Crippen molar-refractivity contribution in [3.05, 3.63) is 26.8 Å². The first kappa shape index (κ1) is 14.5. The first-order valence-corrected chi connectivity index (χ1v) is 7.20. The molecule has 0 saturated heterocycles. The van der Waals surface area contributed by atoms with Crippen molar-refractivity contribution in [3.8, 4) is 5.75 Å². The van der Waals surface area contributed by atoms with Crippen LogP contribution in [-0.4, -0.2) is 17.4 Å². The molecule has 0 atom stereocenters. The largest absolute Gasteiger partial charge is 0.506 e. The molecule has 0 unspecified atom stereocenters. The van der Waals surface area contributed by atoms with E-state index in [1.807, 2.05) is 19.1 Å². The number of aromatic hydroxyl groups is 1. The highest BCUT2D eigenvalue weighted by atomic mass is 127. The maximum atomic E-state index is 10.1. The second kappa shape index (κ2) is 6.99. The molecule has 0 aromatic heterocycles. The van der Waals surface area contributed by atoms with Gasteiger partial charge in [0, 0.05) is 17.8 Å². The van der Waals surface area contributed by atoms with Crippen molar-refractivity contribution in [3.63, 3.8) is 0 Å². The van der Waals surface area contributed by atoms with Crippen LogP contribution in [0.15, 0.2) is 17.1 Å². The molecule has 0 spiro atoms. The van der Waals surface area contributed by atoms with E-state index in [4.69, 9.17) is 0 Å². The number of rotatable bonds is 5. The zero-order valence-corrected chi connectivity index (χ0v) is 12.9. The summed E-state index contributed by atoms with van der Waals surface area (Å²) < 4.78 is 0.897. The van der Waals surface area contributed by atoms with Crippen LogP contribution < -0.4 is 0 Å². The van der Waals surface area contributed by atoms with E-state index in [-0.39, 0.29) is 0 Å². The van der Waals surface area contributed by atoms with Crippen LogP contribution in [0.4, 0.5) is 0 Å². The molecule has 3 heteroatoms. The minimum atomic E-state index is 0.369. The van der Waals surface area contributed by atoms with Crippen LogP contribution in [0.3, 0.4) is 0 Å². The minimum absolute atomic E-state index is 0.369.